The molecule has 2 aromatic heterocycles. The van der Waals surface area contributed by atoms with Crippen molar-refractivity contribution in [3.63, 3.8) is 0 Å². The Balaban J connectivity index is 1.64. The lowest BCUT2D eigenvalue weighted by molar-refractivity contribution is 0.0748. The first-order chi connectivity index (χ1) is 16.1. The normalized spacial score (nSPS) is 15.1. The summed E-state index contributed by atoms with van der Waals surface area (Å²) < 4.78 is 44.0. The molecular weight excluding hydrogens is 463 g/mol. The van der Waals surface area contributed by atoms with Gasteiger partial charge in [-0.15, -0.1) is 0 Å². The Hall–Kier alpha value is -3.09. The van der Waals surface area contributed by atoms with Crippen molar-refractivity contribution in [3.05, 3.63) is 47.7 Å². The minimum Gasteiger partial charge on any atom is -0.390 e. The summed E-state index contributed by atoms with van der Waals surface area (Å²) in [6.45, 7) is 4.49. The number of hydrogen-bond donors (Lipinski definition) is 4. The van der Waals surface area contributed by atoms with Crippen LogP contribution in [0.2, 0.25) is 0 Å². The van der Waals surface area contributed by atoms with E-state index in [2.05, 4.69) is 25.0 Å². The second kappa shape index (κ2) is 9.28. The standard InChI is InChI=1S/C22H27FN6O4S/c1-22(2,31)8-9-24-20-17-15(12-25-21(17)27-13-26-20)19(30)14-6-5-7-16(18(14)23)28-34(32,33)29-10-3-4-11-29/h5-7,12-13,28,31H,3-4,8-11H2,1-2H3,(H2,24,25,26,27). The number of nitrogens with zero attached hydrogens (tertiary/aromatic N) is 3. The maximum atomic E-state index is 15.3. The maximum Gasteiger partial charge on any atom is 0.301 e. The molecule has 0 saturated carbocycles. The molecule has 12 heteroatoms. The number of halogens is 1. The van der Waals surface area contributed by atoms with Crippen LogP contribution < -0.4 is 10.0 Å². The molecule has 4 N–H and O–H groups in total. The Labute approximate surface area is 196 Å². The fourth-order valence-corrected chi connectivity index (χ4v) is 5.13. The third-order valence-electron chi connectivity index (χ3n) is 5.63. The topological polar surface area (TPSA) is 140 Å². The summed E-state index contributed by atoms with van der Waals surface area (Å²) in [5.74, 6) is -1.24. The van der Waals surface area contributed by atoms with Crippen molar-refractivity contribution in [1.29, 1.82) is 0 Å². The van der Waals surface area contributed by atoms with Gasteiger partial charge in [-0.05, 0) is 45.2 Å². The van der Waals surface area contributed by atoms with Gasteiger partial charge in [0.2, 0.25) is 0 Å². The largest absolute Gasteiger partial charge is 0.390 e. The van der Waals surface area contributed by atoms with Crippen LogP contribution in [0, 0.1) is 5.82 Å². The van der Waals surface area contributed by atoms with Gasteiger partial charge in [0, 0.05) is 25.8 Å². The van der Waals surface area contributed by atoms with Gasteiger partial charge in [-0.3, -0.25) is 9.52 Å². The summed E-state index contributed by atoms with van der Waals surface area (Å²) in [5, 5.41) is 13.4. The maximum absolute atomic E-state index is 15.3. The lowest BCUT2D eigenvalue weighted by Gasteiger charge is -2.18. The van der Waals surface area contributed by atoms with Crippen LogP contribution in [0.1, 0.15) is 49.0 Å². The molecule has 1 aliphatic heterocycles. The number of hydrogen-bond acceptors (Lipinski definition) is 7. The van der Waals surface area contributed by atoms with E-state index in [9.17, 15) is 18.3 Å². The first-order valence-corrected chi connectivity index (χ1v) is 12.4. The van der Waals surface area contributed by atoms with E-state index in [0.29, 0.717) is 42.9 Å². The molecule has 0 radical (unpaired) electrons. The number of anilines is 2. The SMILES string of the molecule is CC(C)(O)CCNc1ncnc2[nH]cc(C(=O)c3cccc(NS(=O)(=O)N4CCCC4)c3F)c12. The predicted octanol–water partition coefficient (Wildman–Crippen LogP) is 2.65. The lowest BCUT2D eigenvalue weighted by atomic mass is 10.0. The molecule has 0 unspecified atom stereocenters. The van der Waals surface area contributed by atoms with Crippen LogP contribution in [-0.2, 0) is 10.2 Å². The van der Waals surface area contributed by atoms with Gasteiger partial charge in [-0.1, -0.05) is 6.07 Å². The number of carbonyl (C=O) groups excluding carboxylic acids is 1. The van der Waals surface area contributed by atoms with Gasteiger partial charge >= 0.3 is 10.2 Å². The summed E-state index contributed by atoms with van der Waals surface area (Å²) in [5.41, 5.74) is -0.941. The molecule has 10 nitrogen and oxygen atoms in total. The average molecular weight is 491 g/mol. The Bertz CT molecular complexity index is 1310. The van der Waals surface area contributed by atoms with Gasteiger partial charge in [0.1, 0.15) is 17.8 Å². The molecule has 0 atom stereocenters. The molecule has 0 bridgehead atoms. The van der Waals surface area contributed by atoms with E-state index in [4.69, 9.17) is 0 Å². The summed E-state index contributed by atoms with van der Waals surface area (Å²) in [6.07, 6.45) is 4.67. The summed E-state index contributed by atoms with van der Waals surface area (Å²) >= 11 is 0. The van der Waals surface area contributed by atoms with Crippen molar-refractivity contribution >= 4 is 38.5 Å². The van der Waals surface area contributed by atoms with E-state index in [1.54, 1.807) is 13.8 Å². The highest BCUT2D eigenvalue weighted by molar-refractivity contribution is 7.90. The minimum atomic E-state index is -3.92. The second-order valence-corrected chi connectivity index (χ2v) is 10.5. The Morgan fingerprint density at radius 1 is 1.24 bits per heavy atom. The summed E-state index contributed by atoms with van der Waals surface area (Å²) in [7, 11) is -3.92. The Kier molecular flexibility index (Phi) is 6.56. The van der Waals surface area contributed by atoms with Gasteiger partial charge in [-0.2, -0.15) is 12.7 Å². The Morgan fingerprint density at radius 3 is 2.68 bits per heavy atom. The number of fused-ring (bicyclic) bond motifs is 1. The van der Waals surface area contributed by atoms with Crippen LogP contribution in [0.5, 0.6) is 0 Å². The highest BCUT2D eigenvalue weighted by Crippen LogP contribution is 2.29. The van der Waals surface area contributed by atoms with Crippen molar-refractivity contribution in [2.45, 2.75) is 38.7 Å². The van der Waals surface area contributed by atoms with Gasteiger partial charge < -0.3 is 15.4 Å². The highest BCUT2D eigenvalue weighted by atomic mass is 32.2. The van der Waals surface area contributed by atoms with Gasteiger partial charge in [-0.25, -0.2) is 14.4 Å². The minimum absolute atomic E-state index is 0.139. The van der Waals surface area contributed by atoms with Crippen LogP contribution in [0.3, 0.4) is 0 Å². The number of rotatable bonds is 9. The molecule has 0 amide bonds. The average Bonchev–Trinajstić information content (AvgIpc) is 3.45. The number of aromatic amines is 1. The zero-order valence-corrected chi connectivity index (χ0v) is 19.7. The molecule has 1 saturated heterocycles. The van der Waals surface area contributed by atoms with E-state index in [1.807, 2.05) is 0 Å². The molecule has 0 spiro atoms. The van der Waals surface area contributed by atoms with Crippen molar-refractivity contribution in [1.82, 2.24) is 19.3 Å². The molecule has 4 rings (SSSR count). The summed E-state index contributed by atoms with van der Waals surface area (Å²) in [4.78, 5) is 24.6. The monoisotopic (exact) mass is 490 g/mol. The van der Waals surface area contributed by atoms with E-state index < -0.39 is 27.4 Å². The predicted molar refractivity (Wildman–Crippen MR) is 126 cm³/mol. The molecule has 1 aromatic carbocycles. The first kappa shape index (κ1) is 24.0. The number of carbonyl (C=O) groups is 1. The third kappa shape index (κ3) is 5.03. The first-order valence-electron chi connectivity index (χ1n) is 11.0. The van der Waals surface area contributed by atoms with E-state index in [0.717, 1.165) is 12.8 Å². The third-order valence-corrected chi connectivity index (χ3v) is 7.15. The number of nitrogens with one attached hydrogen (secondary N) is 3. The molecule has 1 fully saturated rings. The van der Waals surface area contributed by atoms with Crippen LogP contribution in [0.25, 0.3) is 11.0 Å². The van der Waals surface area contributed by atoms with Gasteiger partial charge in [0.15, 0.2) is 11.6 Å². The van der Waals surface area contributed by atoms with Gasteiger partial charge in [0.05, 0.1) is 27.8 Å². The fraction of sp³-hybridized carbons (Fsp3) is 0.409. The number of aromatic nitrogens is 3. The number of H-pyrrole nitrogens is 1. The zero-order valence-electron chi connectivity index (χ0n) is 18.9. The molecule has 34 heavy (non-hydrogen) atoms. The Morgan fingerprint density at radius 2 is 1.97 bits per heavy atom. The fourth-order valence-electron chi connectivity index (χ4n) is 3.83. The van der Waals surface area contributed by atoms with Crippen LogP contribution in [-0.4, -0.2) is 63.8 Å². The van der Waals surface area contributed by atoms with E-state index in [1.165, 1.54) is 35.0 Å². The van der Waals surface area contributed by atoms with Crippen molar-refractivity contribution in [2.24, 2.45) is 0 Å². The molecule has 1 aliphatic rings. The quantitative estimate of drug-likeness (QED) is 0.338. The lowest BCUT2D eigenvalue weighted by Crippen LogP contribution is -2.33. The molecule has 0 aliphatic carbocycles. The van der Waals surface area contributed by atoms with Crippen LogP contribution >= 0.6 is 0 Å². The highest BCUT2D eigenvalue weighted by Gasteiger charge is 2.28. The molecule has 3 aromatic rings. The summed E-state index contributed by atoms with van der Waals surface area (Å²) in [6, 6.07) is 4.00. The van der Waals surface area contributed by atoms with E-state index >= 15 is 4.39 Å². The molecule has 3 heterocycles. The smallest absolute Gasteiger partial charge is 0.301 e. The van der Waals surface area contributed by atoms with Crippen LogP contribution in [0.4, 0.5) is 15.9 Å². The van der Waals surface area contributed by atoms with Crippen LogP contribution in [0.15, 0.2) is 30.7 Å². The zero-order chi connectivity index (χ0) is 24.5. The number of aliphatic hydroxyl groups is 1. The molecule has 182 valence electrons. The number of ketones is 1. The van der Waals surface area contributed by atoms with Gasteiger partial charge in [0.25, 0.3) is 0 Å². The van der Waals surface area contributed by atoms with Crippen molar-refractivity contribution < 1.29 is 22.7 Å². The van der Waals surface area contributed by atoms with Crippen molar-refractivity contribution in [2.75, 3.05) is 29.7 Å². The van der Waals surface area contributed by atoms with Crippen molar-refractivity contribution in [3.8, 4) is 0 Å². The molecular formula is C22H27FN6O4S. The number of benzene rings is 1. The second-order valence-electron chi connectivity index (χ2n) is 8.85. The van der Waals surface area contributed by atoms with E-state index in [-0.39, 0.29) is 16.8 Å².